The third-order valence-corrected chi connectivity index (χ3v) is 2.92. The molecule has 0 aromatic rings. The molecule has 0 spiro atoms. The number of carboxylic acid groups (broad SMARTS) is 1. The smallest absolute Gasteiger partial charge is 0.320 e. The number of thioether (sulfide) groups is 1. The topological polar surface area (TPSA) is 119 Å². The molecule has 0 aromatic heterocycles. The first kappa shape index (κ1) is 15.7. The van der Waals surface area contributed by atoms with E-state index in [4.69, 9.17) is 21.3 Å². The van der Waals surface area contributed by atoms with Crippen molar-refractivity contribution in [2.24, 2.45) is 11.5 Å². The van der Waals surface area contributed by atoms with E-state index in [1.54, 1.807) is 0 Å². The summed E-state index contributed by atoms with van der Waals surface area (Å²) in [4.78, 5) is 10.4. The molecule has 0 bridgehead atoms. The van der Waals surface area contributed by atoms with Gasteiger partial charge in [-0.25, -0.2) is 0 Å². The van der Waals surface area contributed by atoms with E-state index in [0.29, 0.717) is 31.1 Å². The van der Waals surface area contributed by atoms with E-state index >= 15 is 0 Å². The average Bonchev–Trinajstić information content (AvgIpc) is 2.24. The van der Waals surface area contributed by atoms with Crippen molar-refractivity contribution in [1.82, 2.24) is 0 Å². The molecular weight excluding hydrogens is 232 g/mol. The number of nitrogens with two attached hydrogens (primary N) is 2. The van der Waals surface area contributed by atoms with Crippen molar-refractivity contribution in [3.05, 3.63) is 0 Å². The molecule has 0 aliphatic heterocycles. The molecule has 0 saturated heterocycles. The van der Waals surface area contributed by atoms with E-state index in [2.05, 4.69) is 0 Å². The highest BCUT2D eigenvalue weighted by Crippen LogP contribution is 2.06. The van der Waals surface area contributed by atoms with Crippen LogP contribution in [0.25, 0.3) is 0 Å². The minimum atomic E-state index is -0.993. The first-order valence-electron chi connectivity index (χ1n) is 5.10. The van der Waals surface area contributed by atoms with Crippen LogP contribution in [0.3, 0.4) is 0 Å². The Kier molecular flexibility index (Phi) is 9.65. The first-order chi connectivity index (χ1) is 7.57. The molecule has 6 nitrogen and oxygen atoms in total. The number of aliphatic hydroxyl groups excluding tert-OH is 1. The molecule has 0 amide bonds. The second-order valence-electron chi connectivity index (χ2n) is 3.33. The van der Waals surface area contributed by atoms with Crippen molar-refractivity contribution in [1.29, 1.82) is 0 Å². The third-order valence-electron chi connectivity index (χ3n) is 1.77. The zero-order chi connectivity index (χ0) is 12.4. The van der Waals surface area contributed by atoms with Gasteiger partial charge < -0.3 is 26.4 Å². The number of carboxylic acids is 1. The monoisotopic (exact) mass is 252 g/mol. The number of carbonyl (C=O) groups is 1. The molecule has 0 radical (unpaired) electrons. The lowest BCUT2D eigenvalue weighted by Crippen LogP contribution is -2.30. The van der Waals surface area contributed by atoms with Crippen LogP contribution in [-0.4, -0.2) is 59.6 Å². The fourth-order valence-electron chi connectivity index (χ4n) is 0.904. The minimum Gasteiger partial charge on any atom is -0.480 e. The predicted molar refractivity (Wildman–Crippen MR) is 63.4 cm³/mol. The van der Waals surface area contributed by atoms with E-state index in [9.17, 15) is 9.90 Å². The zero-order valence-corrected chi connectivity index (χ0v) is 9.99. The normalized spacial score (nSPS) is 14.7. The number of hydrogen-bond acceptors (Lipinski definition) is 6. The van der Waals surface area contributed by atoms with Crippen LogP contribution in [-0.2, 0) is 9.53 Å². The van der Waals surface area contributed by atoms with E-state index in [1.165, 1.54) is 11.8 Å². The van der Waals surface area contributed by atoms with Gasteiger partial charge in [0.15, 0.2) is 0 Å². The van der Waals surface area contributed by atoms with Gasteiger partial charge in [0.05, 0.1) is 19.3 Å². The molecule has 6 N–H and O–H groups in total. The van der Waals surface area contributed by atoms with Crippen LogP contribution in [0.5, 0.6) is 0 Å². The highest BCUT2D eigenvalue weighted by atomic mass is 32.2. The van der Waals surface area contributed by atoms with Gasteiger partial charge in [0.25, 0.3) is 0 Å². The van der Waals surface area contributed by atoms with Crippen molar-refractivity contribution in [3.8, 4) is 0 Å². The van der Waals surface area contributed by atoms with Crippen molar-refractivity contribution in [2.45, 2.75) is 18.6 Å². The Balaban J connectivity index is 3.33. The molecule has 96 valence electrons. The minimum absolute atomic E-state index is 0.259. The highest BCUT2D eigenvalue weighted by molar-refractivity contribution is 7.99. The van der Waals surface area contributed by atoms with E-state index < -0.39 is 18.1 Å². The van der Waals surface area contributed by atoms with Crippen molar-refractivity contribution >= 4 is 17.7 Å². The Hall–Kier alpha value is -0.340. The van der Waals surface area contributed by atoms with E-state index in [0.717, 1.165) is 0 Å². The van der Waals surface area contributed by atoms with Gasteiger partial charge >= 0.3 is 5.97 Å². The van der Waals surface area contributed by atoms with Crippen LogP contribution < -0.4 is 11.5 Å². The van der Waals surface area contributed by atoms with Crippen LogP contribution in [0.4, 0.5) is 0 Å². The summed E-state index contributed by atoms with van der Waals surface area (Å²) in [6, 6.07) is -0.821. The number of hydrogen-bond donors (Lipinski definition) is 4. The van der Waals surface area contributed by atoms with Crippen LogP contribution >= 0.6 is 11.8 Å². The maximum Gasteiger partial charge on any atom is 0.320 e. The molecule has 1 unspecified atom stereocenters. The van der Waals surface area contributed by atoms with E-state index in [-0.39, 0.29) is 6.61 Å². The molecule has 0 saturated carbocycles. The van der Waals surface area contributed by atoms with E-state index in [1.807, 2.05) is 0 Å². The Bertz CT molecular complexity index is 194. The summed E-state index contributed by atoms with van der Waals surface area (Å²) < 4.78 is 5.05. The molecule has 0 aromatic carbocycles. The van der Waals surface area contributed by atoms with Crippen molar-refractivity contribution in [2.75, 3.05) is 31.3 Å². The fourth-order valence-corrected chi connectivity index (χ4v) is 1.86. The standard InChI is InChI=1S/C9H20N2O4S/c10-2-3-15-5-7(12)6-16-4-1-8(11)9(13)14/h7-8,12H,1-6,10-11H2,(H,13,14)/t7?,8-/m0/s1. The van der Waals surface area contributed by atoms with Crippen LogP contribution in [0.1, 0.15) is 6.42 Å². The van der Waals surface area contributed by atoms with Gasteiger partial charge in [-0.15, -0.1) is 0 Å². The lowest BCUT2D eigenvalue weighted by Gasteiger charge is -2.11. The number of ether oxygens (including phenoxy) is 1. The van der Waals surface area contributed by atoms with Gasteiger partial charge in [-0.3, -0.25) is 4.79 Å². The van der Waals surface area contributed by atoms with Gasteiger partial charge in [-0.05, 0) is 12.2 Å². The summed E-state index contributed by atoms with van der Waals surface area (Å²) in [5.41, 5.74) is 10.5. The van der Waals surface area contributed by atoms with Gasteiger partial charge in [-0.1, -0.05) is 0 Å². The van der Waals surface area contributed by atoms with Crippen LogP contribution in [0, 0.1) is 0 Å². The maximum absolute atomic E-state index is 10.4. The first-order valence-corrected chi connectivity index (χ1v) is 6.25. The van der Waals surface area contributed by atoms with Gasteiger partial charge in [0, 0.05) is 12.3 Å². The molecule has 0 fully saturated rings. The SMILES string of the molecule is NCCOCC(O)CSCC[C@H](N)C(=O)O. The van der Waals surface area contributed by atoms with Gasteiger partial charge in [0.1, 0.15) is 6.04 Å². The Morgan fingerprint density at radius 1 is 1.50 bits per heavy atom. The number of aliphatic carboxylic acids is 1. The Labute approximate surface area is 99.3 Å². The number of aliphatic hydroxyl groups is 1. The third kappa shape index (κ3) is 8.93. The Morgan fingerprint density at radius 3 is 2.75 bits per heavy atom. The average molecular weight is 252 g/mol. The summed E-state index contributed by atoms with van der Waals surface area (Å²) in [5.74, 6) is 0.130. The Morgan fingerprint density at radius 2 is 2.19 bits per heavy atom. The number of rotatable bonds is 10. The molecule has 16 heavy (non-hydrogen) atoms. The quantitative estimate of drug-likeness (QED) is 0.363. The van der Waals surface area contributed by atoms with Gasteiger partial charge in [-0.2, -0.15) is 11.8 Å². The lowest BCUT2D eigenvalue weighted by atomic mass is 10.2. The molecule has 7 heteroatoms. The summed E-state index contributed by atoms with van der Waals surface area (Å²) in [7, 11) is 0. The molecule has 0 aliphatic rings. The summed E-state index contributed by atoms with van der Waals surface area (Å²) >= 11 is 1.46. The summed E-state index contributed by atoms with van der Waals surface area (Å²) in [5, 5.41) is 17.9. The zero-order valence-electron chi connectivity index (χ0n) is 9.17. The van der Waals surface area contributed by atoms with Crippen LogP contribution in [0.15, 0.2) is 0 Å². The molecular formula is C9H20N2O4S. The fraction of sp³-hybridized carbons (Fsp3) is 0.889. The maximum atomic E-state index is 10.4. The van der Waals surface area contributed by atoms with Crippen molar-refractivity contribution < 1.29 is 19.7 Å². The van der Waals surface area contributed by atoms with Gasteiger partial charge in [0.2, 0.25) is 0 Å². The highest BCUT2D eigenvalue weighted by Gasteiger charge is 2.11. The molecule has 2 atom stereocenters. The second-order valence-corrected chi connectivity index (χ2v) is 4.48. The lowest BCUT2D eigenvalue weighted by molar-refractivity contribution is -0.138. The van der Waals surface area contributed by atoms with Crippen molar-refractivity contribution in [3.63, 3.8) is 0 Å². The summed E-state index contributed by atoms with van der Waals surface area (Å²) in [6.07, 6.45) is -0.145. The summed E-state index contributed by atoms with van der Waals surface area (Å²) in [6.45, 7) is 1.13. The predicted octanol–water partition coefficient (Wildman–Crippen LogP) is -1.14. The second kappa shape index (κ2) is 9.86. The van der Waals surface area contributed by atoms with Crippen LogP contribution in [0.2, 0.25) is 0 Å². The molecule has 0 aliphatic carbocycles. The largest absolute Gasteiger partial charge is 0.480 e. The molecule has 0 heterocycles. The molecule has 0 rings (SSSR count).